The zero-order valence-corrected chi connectivity index (χ0v) is 11.1. The highest BCUT2D eigenvalue weighted by atomic mass is 28.4. The van der Waals surface area contributed by atoms with E-state index in [0.29, 0.717) is 5.16 Å². The highest BCUT2D eigenvalue weighted by molar-refractivity contribution is 6.75. The quantitative estimate of drug-likeness (QED) is 0.632. The lowest BCUT2D eigenvalue weighted by atomic mass is 10.6. The van der Waals surface area contributed by atoms with E-state index in [2.05, 4.69) is 41.0 Å². The Morgan fingerprint density at radius 2 is 1.55 bits per heavy atom. The first-order valence-corrected chi connectivity index (χ1v) is 8.30. The minimum Gasteiger partial charge on any atom is -0.457 e. The van der Waals surface area contributed by atoms with E-state index in [0.717, 1.165) is 6.42 Å². The summed E-state index contributed by atoms with van der Waals surface area (Å²) >= 11 is 0. The molecular formula is C5H12O2Si4. The van der Waals surface area contributed by atoms with Gasteiger partial charge in [0.2, 0.25) is 21.0 Å². The lowest BCUT2D eigenvalue weighted by Gasteiger charge is -2.22. The van der Waals surface area contributed by atoms with E-state index in [9.17, 15) is 0 Å². The molecule has 0 aliphatic carbocycles. The van der Waals surface area contributed by atoms with Crippen LogP contribution in [0.5, 0.6) is 0 Å². The Morgan fingerprint density at radius 1 is 1.18 bits per heavy atom. The van der Waals surface area contributed by atoms with Gasteiger partial charge in [-0.3, -0.25) is 0 Å². The maximum Gasteiger partial charge on any atom is 0.229 e. The third-order valence-electron chi connectivity index (χ3n) is 1.71. The molecule has 60 valence electrons. The zero-order valence-electron chi connectivity index (χ0n) is 7.10. The highest BCUT2D eigenvalue weighted by Gasteiger charge is 2.25. The summed E-state index contributed by atoms with van der Waals surface area (Å²) in [5.41, 5.74) is 0. The van der Waals surface area contributed by atoms with Crippen molar-refractivity contribution in [1.82, 2.24) is 0 Å². The topological polar surface area (TPSA) is 18.5 Å². The fourth-order valence-electron chi connectivity index (χ4n) is 1.00. The van der Waals surface area contributed by atoms with Crippen LogP contribution in [-0.4, -0.2) is 39.1 Å². The molecule has 0 aliphatic heterocycles. The maximum absolute atomic E-state index is 5.16. The molecule has 0 bridgehead atoms. The highest BCUT2D eigenvalue weighted by Crippen LogP contribution is 2.19. The van der Waals surface area contributed by atoms with Crippen LogP contribution in [0.25, 0.3) is 0 Å². The third-order valence-corrected chi connectivity index (χ3v) is 9.51. The molecule has 6 heteroatoms. The number of hydrogen-bond acceptors (Lipinski definition) is 2. The van der Waals surface area contributed by atoms with Crippen molar-refractivity contribution < 1.29 is 8.23 Å². The van der Waals surface area contributed by atoms with Crippen LogP contribution in [0.2, 0.25) is 18.3 Å². The zero-order chi connectivity index (χ0) is 8.85. The Hall–Kier alpha value is 0.788. The van der Waals surface area contributed by atoms with Crippen LogP contribution in [0, 0.1) is 0 Å². The monoisotopic (exact) mass is 216 g/mol. The summed E-state index contributed by atoms with van der Waals surface area (Å²) in [6, 6.07) is 0. The fraction of sp³-hybridized carbons (Fsp3) is 1.00. The molecule has 0 amide bonds. The molecule has 11 heavy (non-hydrogen) atoms. The molecule has 0 saturated carbocycles. The van der Waals surface area contributed by atoms with Crippen LogP contribution in [0.1, 0.15) is 13.3 Å². The molecule has 0 aliphatic rings. The second-order valence-corrected chi connectivity index (χ2v) is 8.43. The molecule has 0 spiro atoms. The molecule has 8 radical (unpaired) electrons. The van der Waals surface area contributed by atoms with Crippen molar-refractivity contribution >= 4 is 39.1 Å². The standard InChI is InChI=1S/C5H12O2Si4/c1-4-5(10(2)6-8)11(3)7-9/h5H,4H2,1-3H3. The van der Waals surface area contributed by atoms with Crippen molar-refractivity contribution in [3.63, 3.8) is 0 Å². The van der Waals surface area contributed by atoms with Crippen LogP contribution in [0.15, 0.2) is 0 Å². The molecule has 2 nitrogen and oxygen atoms in total. The molecule has 0 atom stereocenters. The van der Waals surface area contributed by atoms with Crippen molar-refractivity contribution in [2.75, 3.05) is 0 Å². The number of rotatable bonds is 5. The Labute approximate surface area is 79.2 Å². The predicted molar refractivity (Wildman–Crippen MR) is 51.0 cm³/mol. The average molecular weight is 216 g/mol. The smallest absolute Gasteiger partial charge is 0.229 e. The second kappa shape index (κ2) is 6.32. The SMILES string of the molecule is CCC([Si](C)O[Si])[Si](C)O[Si]. The van der Waals surface area contributed by atoms with E-state index >= 15 is 0 Å². The van der Waals surface area contributed by atoms with E-state index < -0.39 is 18.1 Å². The van der Waals surface area contributed by atoms with Gasteiger partial charge in [-0.2, -0.15) is 0 Å². The van der Waals surface area contributed by atoms with Crippen molar-refractivity contribution in [1.29, 1.82) is 0 Å². The molecule has 0 heterocycles. The summed E-state index contributed by atoms with van der Waals surface area (Å²) in [5, 5.41) is 0.611. The largest absolute Gasteiger partial charge is 0.457 e. The van der Waals surface area contributed by atoms with Gasteiger partial charge in [-0.15, -0.1) is 0 Å². The van der Waals surface area contributed by atoms with Crippen molar-refractivity contribution in [2.45, 2.75) is 31.6 Å². The van der Waals surface area contributed by atoms with Crippen LogP contribution in [0.4, 0.5) is 0 Å². The molecular weight excluding hydrogens is 204 g/mol. The Kier molecular flexibility index (Phi) is 6.77. The lowest BCUT2D eigenvalue weighted by molar-refractivity contribution is 0.586. The summed E-state index contributed by atoms with van der Waals surface area (Å²) in [6.07, 6.45) is 1.13. The van der Waals surface area contributed by atoms with Gasteiger partial charge in [0.15, 0.2) is 18.1 Å². The summed E-state index contributed by atoms with van der Waals surface area (Å²) in [6.45, 7) is 6.46. The van der Waals surface area contributed by atoms with E-state index in [1.807, 2.05) is 0 Å². The Bertz CT molecular complexity index is 92.5. The molecule has 0 aromatic rings. The minimum absolute atomic E-state index is 0.611. The van der Waals surface area contributed by atoms with E-state index in [1.54, 1.807) is 0 Å². The van der Waals surface area contributed by atoms with Gasteiger partial charge < -0.3 is 8.23 Å². The van der Waals surface area contributed by atoms with E-state index in [1.165, 1.54) is 0 Å². The lowest BCUT2D eigenvalue weighted by Crippen LogP contribution is -2.32. The first kappa shape index (κ1) is 11.8. The summed E-state index contributed by atoms with van der Waals surface area (Å²) in [4.78, 5) is 0. The summed E-state index contributed by atoms with van der Waals surface area (Å²) < 4.78 is 10.3. The predicted octanol–water partition coefficient (Wildman–Crippen LogP) is 0.749. The first-order valence-electron chi connectivity index (χ1n) is 3.51. The minimum atomic E-state index is -0.727. The van der Waals surface area contributed by atoms with Crippen LogP contribution in [0.3, 0.4) is 0 Å². The molecule has 0 aromatic carbocycles. The van der Waals surface area contributed by atoms with Crippen molar-refractivity contribution in [2.24, 2.45) is 0 Å². The van der Waals surface area contributed by atoms with Gasteiger partial charge >= 0.3 is 0 Å². The van der Waals surface area contributed by atoms with Gasteiger partial charge in [0, 0.05) is 0 Å². The van der Waals surface area contributed by atoms with Crippen molar-refractivity contribution in [3.8, 4) is 0 Å². The van der Waals surface area contributed by atoms with Gasteiger partial charge in [0.05, 0.1) is 0 Å². The molecule has 0 saturated heterocycles. The average Bonchev–Trinajstić information content (AvgIpc) is 2.05. The summed E-state index contributed by atoms with van der Waals surface area (Å²) in [5.74, 6) is 0. The van der Waals surface area contributed by atoms with E-state index in [-0.39, 0.29) is 0 Å². The van der Waals surface area contributed by atoms with Gasteiger partial charge in [0.25, 0.3) is 0 Å². The second-order valence-electron chi connectivity index (χ2n) is 2.39. The normalized spacial score (nSPS) is 12.0. The molecule has 0 rings (SSSR count). The first-order chi connectivity index (χ1) is 5.17. The summed E-state index contributed by atoms with van der Waals surface area (Å²) in [7, 11) is 4.73. The van der Waals surface area contributed by atoms with Crippen LogP contribution < -0.4 is 0 Å². The molecule has 0 aromatic heterocycles. The number of hydrogen-bond donors (Lipinski definition) is 0. The Morgan fingerprint density at radius 3 is 1.73 bits per heavy atom. The third kappa shape index (κ3) is 3.81. The van der Waals surface area contributed by atoms with Gasteiger partial charge in [0.1, 0.15) is 0 Å². The van der Waals surface area contributed by atoms with Gasteiger partial charge in [-0.05, 0) is 18.3 Å². The van der Waals surface area contributed by atoms with Crippen LogP contribution >= 0.6 is 0 Å². The Balaban J connectivity index is 3.92. The molecule has 0 fully saturated rings. The van der Waals surface area contributed by atoms with E-state index in [4.69, 9.17) is 8.23 Å². The molecule has 0 unspecified atom stereocenters. The maximum atomic E-state index is 5.16. The van der Waals surface area contributed by atoms with Crippen LogP contribution in [-0.2, 0) is 8.23 Å². The fourth-order valence-corrected chi connectivity index (χ4v) is 6.64. The van der Waals surface area contributed by atoms with Gasteiger partial charge in [-0.25, -0.2) is 0 Å². The van der Waals surface area contributed by atoms with Crippen molar-refractivity contribution in [3.05, 3.63) is 0 Å². The van der Waals surface area contributed by atoms with Gasteiger partial charge in [-0.1, -0.05) is 13.3 Å². The molecule has 0 N–H and O–H groups in total.